The van der Waals surface area contributed by atoms with Gasteiger partial charge in [-0.1, -0.05) is 72.3 Å². The van der Waals surface area contributed by atoms with E-state index in [0.717, 1.165) is 30.6 Å². The number of benzene rings is 3. The Morgan fingerprint density at radius 2 is 1.50 bits per heavy atom. The van der Waals surface area contributed by atoms with E-state index in [4.69, 9.17) is 21.1 Å². The van der Waals surface area contributed by atoms with E-state index in [-0.39, 0.29) is 0 Å². The van der Waals surface area contributed by atoms with Crippen molar-refractivity contribution in [2.24, 2.45) is 0 Å². The lowest BCUT2D eigenvalue weighted by atomic mass is 10.1. The maximum Gasteiger partial charge on any atom is 0.180 e. The summed E-state index contributed by atoms with van der Waals surface area (Å²) in [4.78, 5) is 0. The van der Waals surface area contributed by atoms with Gasteiger partial charge in [0.05, 0.1) is 11.6 Å². The van der Waals surface area contributed by atoms with Crippen LogP contribution in [-0.4, -0.2) is 13.2 Å². The second kappa shape index (κ2) is 10.7. The summed E-state index contributed by atoms with van der Waals surface area (Å²) in [6.07, 6.45) is 0.991. The van der Waals surface area contributed by atoms with Crippen LogP contribution in [0.1, 0.15) is 23.6 Å². The lowest BCUT2D eigenvalue weighted by Crippen LogP contribution is -2.16. The van der Waals surface area contributed by atoms with Gasteiger partial charge in [0.1, 0.15) is 6.61 Å². The Kier molecular flexibility index (Phi) is 7.77. The fraction of sp³-hybridized carbons (Fsp3) is 0.250. The van der Waals surface area contributed by atoms with Gasteiger partial charge in [0.25, 0.3) is 0 Å². The zero-order valence-corrected chi connectivity index (χ0v) is 16.9. The zero-order chi connectivity index (χ0) is 19.6. The molecule has 0 saturated carbocycles. The molecule has 3 nitrogen and oxygen atoms in total. The lowest BCUT2D eigenvalue weighted by molar-refractivity contribution is 0.269. The minimum absolute atomic E-state index is 0.454. The lowest BCUT2D eigenvalue weighted by Gasteiger charge is -2.16. The Balaban J connectivity index is 1.61. The number of nitrogens with one attached hydrogen (secondary N) is 1. The summed E-state index contributed by atoms with van der Waals surface area (Å²) < 4.78 is 11.8. The third-order valence-electron chi connectivity index (χ3n) is 4.36. The number of hydrogen-bond donors (Lipinski definition) is 1. The van der Waals surface area contributed by atoms with Crippen LogP contribution in [0.2, 0.25) is 5.02 Å². The van der Waals surface area contributed by atoms with Crippen molar-refractivity contribution in [3.05, 3.63) is 94.5 Å². The van der Waals surface area contributed by atoms with Gasteiger partial charge in [0.15, 0.2) is 11.5 Å². The van der Waals surface area contributed by atoms with Crippen LogP contribution in [0.15, 0.2) is 72.8 Å². The summed E-state index contributed by atoms with van der Waals surface area (Å²) in [5.74, 6) is 1.28. The molecule has 3 aromatic carbocycles. The van der Waals surface area contributed by atoms with E-state index in [1.54, 1.807) is 0 Å². The molecule has 0 unspecified atom stereocenters. The van der Waals surface area contributed by atoms with Gasteiger partial charge in [0.2, 0.25) is 0 Å². The number of rotatable bonds is 10. The summed E-state index contributed by atoms with van der Waals surface area (Å²) >= 11 is 6.51. The molecule has 0 aliphatic heterocycles. The largest absolute Gasteiger partial charge is 0.490 e. The van der Waals surface area contributed by atoms with Crippen molar-refractivity contribution in [1.29, 1.82) is 0 Å². The number of halogens is 1. The highest BCUT2D eigenvalue weighted by molar-refractivity contribution is 6.32. The van der Waals surface area contributed by atoms with Crippen molar-refractivity contribution in [1.82, 2.24) is 5.32 Å². The summed E-state index contributed by atoms with van der Waals surface area (Å²) in [6.45, 7) is 4.60. The smallest absolute Gasteiger partial charge is 0.180 e. The van der Waals surface area contributed by atoms with E-state index in [2.05, 4.69) is 29.6 Å². The molecule has 0 fully saturated rings. The minimum atomic E-state index is 0.454. The topological polar surface area (TPSA) is 30.5 Å². The third kappa shape index (κ3) is 6.01. The van der Waals surface area contributed by atoms with Gasteiger partial charge < -0.3 is 14.8 Å². The van der Waals surface area contributed by atoms with Crippen molar-refractivity contribution in [3.8, 4) is 11.5 Å². The molecule has 0 radical (unpaired) electrons. The summed E-state index contributed by atoms with van der Waals surface area (Å²) in [6, 6.07) is 24.4. The summed E-state index contributed by atoms with van der Waals surface area (Å²) in [5, 5.41) is 4.04. The Morgan fingerprint density at radius 1 is 0.821 bits per heavy atom. The van der Waals surface area contributed by atoms with Crippen LogP contribution in [-0.2, 0) is 19.6 Å². The van der Waals surface area contributed by atoms with E-state index in [9.17, 15) is 0 Å². The van der Waals surface area contributed by atoms with Gasteiger partial charge in [-0.25, -0.2) is 0 Å². The van der Waals surface area contributed by atoms with Crippen LogP contribution in [0.4, 0.5) is 0 Å². The van der Waals surface area contributed by atoms with Crippen LogP contribution >= 0.6 is 11.6 Å². The molecular formula is C24H26ClNO2. The van der Waals surface area contributed by atoms with E-state index in [1.165, 1.54) is 5.56 Å². The predicted molar refractivity (Wildman–Crippen MR) is 115 cm³/mol. The van der Waals surface area contributed by atoms with Gasteiger partial charge in [-0.3, -0.25) is 0 Å². The first-order chi connectivity index (χ1) is 13.8. The monoisotopic (exact) mass is 395 g/mol. The molecule has 0 atom stereocenters. The van der Waals surface area contributed by atoms with E-state index < -0.39 is 0 Å². The third-order valence-corrected chi connectivity index (χ3v) is 4.64. The van der Waals surface area contributed by atoms with Crippen LogP contribution in [0, 0.1) is 0 Å². The second-order valence-electron chi connectivity index (χ2n) is 6.52. The van der Waals surface area contributed by atoms with Crippen LogP contribution in [0.5, 0.6) is 11.5 Å². The standard InChI is InChI=1S/C24H26ClNO2/c1-2-27-23-16-21(17-26-14-13-19-9-5-3-6-10-19)15-22(25)24(23)28-18-20-11-7-4-8-12-20/h3-12,15-16,26H,2,13-14,17-18H2,1H3. The molecule has 0 amide bonds. The van der Waals surface area contributed by atoms with Crippen LogP contribution in [0.3, 0.4) is 0 Å². The average Bonchev–Trinajstić information content (AvgIpc) is 2.72. The number of hydrogen-bond acceptors (Lipinski definition) is 3. The summed E-state index contributed by atoms with van der Waals surface area (Å²) in [5.41, 5.74) is 3.49. The van der Waals surface area contributed by atoms with E-state index in [1.807, 2.05) is 55.5 Å². The zero-order valence-electron chi connectivity index (χ0n) is 16.2. The molecule has 4 heteroatoms. The first-order valence-electron chi connectivity index (χ1n) is 9.63. The van der Waals surface area contributed by atoms with Crippen molar-refractivity contribution in [2.45, 2.75) is 26.5 Å². The highest BCUT2D eigenvalue weighted by atomic mass is 35.5. The quantitative estimate of drug-likeness (QED) is 0.450. The van der Waals surface area contributed by atoms with Crippen LogP contribution < -0.4 is 14.8 Å². The molecule has 146 valence electrons. The Hall–Kier alpha value is -2.49. The molecule has 3 aromatic rings. The molecule has 28 heavy (non-hydrogen) atoms. The van der Waals surface area contributed by atoms with Gasteiger partial charge in [-0.2, -0.15) is 0 Å². The van der Waals surface area contributed by atoms with Crippen molar-refractivity contribution in [3.63, 3.8) is 0 Å². The molecule has 1 N–H and O–H groups in total. The predicted octanol–water partition coefficient (Wildman–Crippen LogP) is 5.65. The average molecular weight is 396 g/mol. The van der Waals surface area contributed by atoms with Gasteiger partial charge in [-0.15, -0.1) is 0 Å². The summed E-state index contributed by atoms with van der Waals surface area (Å²) in [7, 11) is 0. The van der Waals surface area contributed by atoms with Crippen LogP contribution in [0.25, 0.3) is 0 Å². The fourth-order valence-corrected chi connectivity index (χ4v) is 3.25. The Bertz CT molecular complexity index is 853. The van der Waals surface area contributed by atoms with Gasteiger partial charge >= 0.3 is 0 Å². The molecular weight excluding hydrogens is 370 g/mol. The van der Waals surface area contributed by atoms with E-state index in [0.29, 0.717) is 29.7 Å². The molecule has 0 saturated heterocycles. The molecule has 0 heterocycles. The molecule has 0 spiro atoms. The maximum absolute atomic E-state index is 6.51. The van der Waals surface area contributed by atoms with Gasteiger partial charge in [0, 0.05) is 6.54 Å². The highest BCUT2D eigenvalue weighted by Crippen LogP contribution is 2.37. The molecule has 0 aliphatic rings. The second-order valence-corrected chi connectivity index (χ2v) is 6.93. The van der Waals surface area contributed by atoms with Crippen molar-refractivity contribution >= 4 is 11.6 Å². The van der Waals surface area contributed by atoms with Gasteiger partial charge in [-0.05, 0) is 48.7 Å². The Labute approximate surface area is 172 Å². The molecule has 0 bridgehead atoms. The number of ether oxygens (including phenoxy) is 2. The van der Waals surface area contributed by atoms with Crippen molar-refractivity contribution < 1.29 is 9.47 Å². The van der Waals surface area contributed by atoms with Crippen molar-refractivity contribution in [2.75, 3.05) is 13.2 Å². The minimum Gasteiger partial charge on any atom is -0.490 e. The fourth-order valence-electron chi connectivity index (χ4n) is 2.97. The van der Waals surface area contributed by atoms with E-state index >= 15 is 0 Å². The normalized spacial score (nSPS) is 10.6. The first-order valence-corrected chi connectivity index (χ1v) is 10.0. The molecule has 3 rings (SSSR count). The maximum atomic E-state index is 6.51. The molecule has 0 aliphatic carbocycles. The Morgan fingerprint density at radius 3 is 2.18 bits per heavy atom. The SMILES string of the molecule is CCOc1cc(CNCCc2ccccc2)cc(Cl)c1OCc1ccccc1. The first kappa shape index (κ1) is 20.2. The highest BCUT2D eigenvalue weighted by Gasteiger charge is 2.13. The molecule has 0 aromatic heterocycles.